The summed E-state index contributed by atoms with van der Waals surface area (Å²) in [6, 6.07) is 19.0. The van der Waals surface area contributed by atoms with E-state index in [-0.39, 0.29) is 5.91 Å². The SMILES string of the molecule is CC(C)N(c1ccccc1)c1ccc(NC(=O)C[C@@H]2C[C@@H]3CC[C@H]2C3)cc1. The van der Waals surface area contributed by atoms with Crippen molar-refractivity contribution in [2.45, 2.75) is 52.0 Å². The first-order valence-electron chi connectivity index (χ1n) is 10.3. The molecule has 2 bridgehead atoms. The third-order valence-corrected chi connectivity index (χ3v) is 6.31. The lowest BCUT2D eigenvalue weighted by molar-refractivity contribution is -0.117. The maximum absolute atomic E-state index is 12.5. The van der Waals surface area contributed by atoms with E-state index in [4.69, 9.17) is 0 Å². The lowest BCUT2D eigenvalue weighted by Crippen LogP contribution is -2.25. The normalized spacial score (nSPS) is 23.6. The Morgan fingerprint density at radius 3 is 2.30 bits per heavy atom. The van der Waals surface area contributed by atoms with Crippen molar-refractivity contribution >= 4 is 23.0 Å². The molecule has 4 rings (SSSR count). The van der Waals surface area contributed by atoms with E-state index in [0.29, 0.717) is 18.4 Å². The third kappa shape index (κ3) is 4.02. The molecule has 1 amide bonds. The summed E-state index contributed by atoms with van der Waals surface area (Å²) < 4.78 is 0. The minimum absolute atomic E-state index is 0.170. The Morgan fingerprint density at radius 2 is 1.70 bits per heavy atom. The highest BCUT2D eigenvalue weighted by atomic mass is 16.1. The largest absolute Gasteiger partial charge is 0.339 e. The van der Waals surface area contributed by atoms with Crippen LogP contribution < -0.4 is 10.2 Å². The smallest absolute Gasteiger partial charge is 0.224 e. The van der Waals surface area contributed by atoms with Gasteiger partial charge in [-0.3, -0.25) is 4.79 Å². The van der Waals surface area contributed by atoms with Crippen molar-refractivity contribution in [3.05, 3.63) is 54.6 Å². The van der Waals surface area contributed by atoms with Gasteiger partial charge in [-0.1, -0.05) is 24.6 Å². The van der Waals surface area contributed by atoms with Crippen LogP contribution in [0.2, 0.25) is 0 Å². The number of rotatable bonds is 6. The number of anilines is 3. The van der Waals surface area contributed by atoms with Crippen LogP contribution in [0.3, 0.4) is 0 Å². The van der Waals surface area contributed by atoms with Crippen LogP contribution in [0, 0.1) is 17.8 Å². The van der Waals surface area contributed by atoms with Crippen molar-refractivity contribution in [2.24, 2.45) is 17.8 Å². The van der Waals surface area contributed by atoms with E-state index in [0.717, 1.165) is 23.2 Å². The molecule has 0 unspecified atom stereocenters. The Hall–Kier alpha value is -2.29. The predicted molar refractivity (Wildman–Crippen MR) is 112 cm³/mol. The summed E-state index contributed by atoms with van der Waals surface area (Å²) in [5, 5.41) is 3.11. The molecule has 3 heteroatoms. The fourth-order valence-corrected chi connectivity index (χ4v) is 5.12. The Balaban J connectivity index is 1.40. The van der Waals surface area contributed by atoms with Gasteiger partial charge < -0.3 is 10.2 Å². The Kier molecular flexibility index (Phi) is 5.20. The number of carbonyl (C=O) groups excluding carboxylic acids is 1. The second-order valence-electron chi connectivity index (χ2n) is 8.53. The summed E-state index contributed by atoms with van der Waals surface area (Å²) in [5.41, 5.74) is 3.21. The van der Waals surface area contributed by atoms with Gasteiger partial charge in [-0.05, 0) is 87.3 Å². The molecule has 0 saturated heterocycles. The highest BCUT2D eigenvalue weighted by Crippen LogP contribution is 2.49. The standard InChI is InChI=1S/C24H30N2O/c1-17(2)26(22-6-4-3-5-7-22)23-12-10-21(11-13-23)25-24(27)16-20-15-18-8-9-19(20)14-18/h3-7,10-13,17-20H,8-9,14-16H2,1-2H3,(H,25,27)/t18-,19+,20+/m1/s1. The molecule has 2 aromatic carbocycles. The zero-order valence-electron chi connectivity index (χ0n) is 16.4. The number of fused-ring (bicyclic) bond motifs is 2. The van der Waals surface area contributed by atoms with Gasteiger partial charge in [0, 0.05) is 29.5 Å². The second-order valence-corrected chi connectivity index (χ2v) is 8.53. The minimum Gasteiger partial charge on any atom is -0.339 e. The zero-order chi connectivity index (χ0) is 18.8. The van der Waals surface area contributed by atoms with E-state index in [1.807, 2.05) is 18.2 Å². The van der Waals surface area contributed by atoms with Gasteiger partial charge in [0.2, 0.25) is 5.91 Å². The lowest BCUT2D eigenvalue weighted by Gasteiger charge is -2.29. The van der Waals surface area contributed by atoms with E-state index in [2.05, 4.69) is 60.5 Å². The van der Waals surface area contributed by atoms with Crippen molar-refractivity contribution in [2.75, 3.05) is 10.2 Å². The molecule has 142 valence electrons. The highest BCUT2D eigenvalue weighted by molar-refractivity contribution is 5.91. The first kappa shape index (κ1) is 18.1. The molecular formula is C24H30N2O. The quantitative estimate of drug-likeness (QED) is 0.684. The van der Waals surface area contributed by atoms with Gasteiger partial charge >= 0.3 is 0 Å². The molecule has 1 N–H and O–H groups in total. The monoisotopic (exact) mass is 362 g/mol. The van der Waals surface area contributed by atoms with Crippen molar-refractivity contribution < 1.29 is 4.79 Å². The average Bonchev–Trinajstić information content (AvgIpc) is 3.27. The summed E-state index contributed by atoms with van der Waals surface area (Å²) in [4.78, 5) is 14.8. The number of carbonyl (C=O) groups is 1. The van der Waals surface area contributed by atoms with Crippen LogP contribution in [0.15, 0.2) is 54.6 Å². The van der Waals surface area contributed by atoms with E-state index in [9.17, 15) is 4.79 Å². The number of hydrogen-bond donors (Lipinski definition) is 1. The molecule has 0 radical (unpaired) electrons. The molecule has 3 atom stereocenters. The predicted octanol–water partition coefficient (Wildman–Crippen LogP) is 6.00. The second kappa shape index (κ2) is 7.75. The Bertz CT molecular complexity index is 769. The fourth-order valence-electron chi connectivity index (χ4n) is 5.12. The van der Waals surface area contributed by atoms with Crippen LogP contribution in [0.1, 0.15) is 46.0 Å². The molecule has 3 nitrogen and oxygen atoms in total. The summed E-state index contributed by atoms with van der Waals surface area (Å²) in [5.74, 6) is 2.47. The van der Waals surface area contributed by atoms with Crippen LogP contribution in [-0.2, 0) is 4.79 Å². The molecule has 0 spiro atoms. The van der Waals surface area contributed by atoms with Crippen molar-refractivity contribution in [3.8, 4) is 0 Å². The van der Waals surface area contributed by atoms with E-state index in [1.54, 1.807) is 0 Å². The molecule has 2 fully saturated rings. The van der Waals surface area contributed by atoms with E-state index < -0.39 is 0 Å². The zero-order valence-corrected chi connectivity index (χ0v) is 16.4. The molecule has 2 saturated carbocycles. The summed E-state index contributed by atoms with van der Waals surface area (Å²) in [7, 11) is 0. The number of nitrogens with zero attached hydrogens (tertiary/aromatic N) is 1. The first-order valence-corrected chi connectivity index (χ1v) is 10.3. The van der Waals surface area contributed by atoms with Crippen LogP contribution in [0.5, 0.6) is 0 Å². The maximum atomic E-state index is 12.5. The van der Waals surface area contributed by atoms with Gasteiger partial charge in [0.05, 0.1) is 0 Å². The molecule has 0 aromatic heterocycles. The summed E-state index contributed by atoms with van der Waals surface area (Å²) in [6.07, 6.45) is 6.03. The van der Waals surface area contributed by atoms with Crippen molar-refractivity contribution in [1.29, 1.82) is 0 Å². The van der Waals surface area contributed by atoms with Gasteiger partial charge in [-0.15, -0.1) is 0 Å². The molecular weight excluding hydrogens is 332 g/mol. The molecule has 2 aliphatic rings. The molecule has 0 heterocycles. The first-order chi connectivity index (χ1) is 13.1. The molecule has 2 aromatic rings. The van der Waals surface area contributed by atoms with Crippen molar-refractivity contribution in [1.82, 2.24) is 0 Å². The summed E-state index contributed by atoms with van der Waals surface area (Å²) >= 11 is 0. The molecule has 2 aliphatic carbocycles. The number of hydrogen-bond acceptors (Lipinski definition) is 2. The van der Waals surface area contributed by atoms with E-state index in [1.165, 1.54) is 31.4 Å². The molecule has 0 aliphatic heterocycles. The molecule has 27 heavy (non-hydrogen) atoms. The fraction of sp³-hybridized carbons (Fsp3) is 0.458. The van der Waals surface area contributed by atoms with Gasteiger partial charge in [0.15, 0.2) is 0 Å². The third-order valence-electron chi connectivity index (χ3n) is 6.31. The van der Waals surface area contributed by atoms with Gasteiger partial charge in [-0.2, -0.15) is 0 Å². The van der Waals surface area contributed by atoms with Gasteiger partial charge in [0.25, 0.3) is 0 Å². The lowest BCUT2D eigenvalue weighted by atomic mass is 9.86. The number of para-hydroxylation sites is 1. The van der Waals surface area contributed by atoms with Crippen LogP contribution in [-0.4, -0.2) is 11.9 Å². The van der Waals surface area contributed by atoms with Crippen LogP contribution >= 0.6 is 0 Å². The Labute approximate surface area is 162 Å². The van der Waals surface area contributed by atoms with Gasteiger partial charge in [0.1, 0.15) is 0 Å². The van der Waals surface area contributed by atoms with E-state index >= 15 is 0 Å². The number of nitrogens with one attached hydrogen (secondary N) is 1. The van der Waals surface area contributed by atoms with Crippen LogP contribution in [0.25, 0.3) is 0 Å². The highest BCUT2D eigenvalue weighted by Gasteiger charge is 2.40. The maximum Gasteiger partial charge on any atom is 0.224 e. The van der Waals surface area contributed by atoms with Gasteiger partial charge in [-0.25, -0.2) is 0 Å². The number of amides is 1. The van der Waals surface area contributed by atoms with Crippen LogP contribution in [0.4, 0.5) is 17.1 Å². The topological polar surface area (TPSA) is 32.3 Å². The number of benzene rings is 2. The average molecular weight is 363 g/mol. The minimum atomic E-state index is 0.170. The van der Waals surface area contributed by atoms with Crippen molar-refractivity contribution in [3.63, 3.8) is 0 Å². The summed E-state index contributed by atoms with van der Waals surface area (Å²) in [6.45, 7) is 4.38. The Morgan fingerprint density at radius 1 is 1.00 bits per heavy atom.